The monoisotopic (exact) mass is 377 g/mol. The Balaban J connectivity index is 1.90. The van der Waals surface area contributed by atoms with Crippen LogP contribution in [0.1, 0.15) is 10.4 Å². The van der Waals surface area contributed by atoms with Crippen molar-refractivity contribution in [1.29, 1.82) is 0 Å². The van der Waals surface area contributed by atoms with Crippen LogP contribution in [0.25, 0.3) is 0 Å². The SMILES string of the molecule is COc1cc(Cl)c(Nc2ncccc2C(=O)N2CCOCC2)cc1OC. The van der Waals surface area contributed by atoms with Crippen molar-refractivity contribution < 1.29 is 19.0 Å². The molecule has 26 heavy (non-hydrogen) atoms. The second-order valence-electron chi connectivity index (χ2n) is 5.62. The van der Waals surface area contributed by atoms with Crippen molar-refractivity contribution in [1.82, 2.24) is 9.88 Å². The zero-order valence-electron chi connectivity index (χ0n) is 14.6. The molecule has 1 N–H and O–H groups in total. The fourth-order valence-electron chi connectivity index (χ4n) is 2.69. The molecular formula is C18H20ClN3O4. The number of carbonyl (C=O) groups excluding carboxylic acids is 1. The van der Waals surface area contributed by atoms with E-state index in [1.807, 2.05) is 0 Å². The summed E-state index contributed by atoms with van der Waals surface area (Å²) in [5.41, 5.74) is 1.04. The topological polar surface area (TPSA) is 72.9 Å². The zero-order chi connectivity index (χ0) is 18.5. The molecule has 0 aliphatic carbocycles. The number of hydrogen-bond donors (Lipinski definition) is 1. The van der Waals surface area contributed by atoms with Gasteiger partial charge in [0, 0.05) is 31.4 Å². The predicted molar refractivity (Wildman–Crippen MR) is 98.8 cm³/mol. The third kappa shape index (κ3) is 3.84. The lowest BCUT2D eigenvalue weighted by Crippen LogP contribution is -2.40. The van der Waals surface area contributed by atoms with Crippen LogP contribution in [-0.2, 0) is 4.74 Å². The first-order chi connectivity index (χ1) is 12.6. The number of carbonyl (C=O) groups is 1. The Morgan fingerprint density at radius 3 is 2.62 bits per heavy atom. The molecule has 7 nitrogen and oxygen atoms in total. The van der Waals surface area contributed by atoms with Crippen LogP contribution in [-0.4, -0.2) is 56.3 Å². The fraction of sp³-hybridized carbons (Fsp3) is 0.333. The van der Waals surface area contributed by atoms with Crippen molar-refractivity contribution in [2.24, 2.45) is 0 Å². The van der Waals surface area contributed by atoms with E-state index in [9.17, 15) is 4.79 Å². The molecule has 2 aromatic rings. The first kappa shape index (κ1) is 18.3. The normalized spacial score (nSPS) is 14.0. The molecule has 1 aromatic carbocycles. The van der Waals surface area contributed by atoms with Crippen molar-refractivity contribution in [3.63, 3.8) is 0 Å². The van der Waals surface area contributed by atoms with Crippen molar-refractivity contribution in [2.75, 3.05) is 45.8 Å². The van der Waals surface area contributed by atoms with Gasteiger partial charge in [0.1, 0.15) is 5.82 Å². The lowest BCUT2D eigenvalue weighted by molar-refractivity contribution is 0.0303. The van der Waals surface area contributed by atoms with Gasteiger partial charge in [0.05, 0.1) is 43.7 Å². The Morgan fingerprint density at radius 2 is 1.92 bits per heavy atom. The van der Waals surface area contributed by atoms with E-state index < -0.39 is 0 Å². The number of aromatic nitrogens is 1. The Hall–Kier alpha value is -2.51. The van der Waals surface area contributed by atoms with E-state index in [1.54, 1.807) is 49.6 Å². The molecule has 0 radical (unpaired) electrons. The molecule has 1 amide bonds. The van der Waals surface area contributed by atoms with Gasteiger partial charge in [-0.05, 0) is 12.1 Å². The summed E-state index contributed by atoms with van der Waals surface area (Å²) in [6.45, 7) is 2.20. The molecule has 0 bridgehead atoms. The quantitative estimate of drug-likeness (QED) is 0.863. The highest BCUT2D eigenvalue weighted by Crippen LogP contribution is 2.37. The van der Waals surface area contributed by atoms with Gasteiger partial charge in [-0.25, -0.2) is 4.98 Å². The van der Waals surface area contributed by atoms with Crippen molar-refractivity contribution in [3.8, 4) is 11.5 Å². The highest BCUT2D eigenvalue weighted by atomic mass is 35.5. The standard InChI is InChI=1S/C18H20ClN3O4/c1-24-15-10-13(19)14(11-16(15)25-2)21-17-12(4-3-5-20-17)18(23)22-6-8-26-9-7-22/h3-5,10-11H,6-9H2,1-2H3,(H,20,21). The molecule has 1 aliphatic heterocycles. The van der Waals surface area contributed by atoms with Crippen LogP contribution in [0.5, 0.6) is 11.5 Å². The van der Waals surface area contributed by atoms with Crippen LogP contribution in [0.15, 0.2) is 30.5 Å². The summed E-state index contributed by atoms with van der Waals surface area (Å²) in [5, 5.41) is 3.56. The molecule has 0 saturated carbocycles. The number of pyridine rings is 1. The van der Waals surface area contributed by atoms with Gasteiger partial charge < -0.3 is 24.4 Å². The highest BCUT2D eigenvalue weighted by Gasteiger charge is 2.22. The summed E-state index contributed by atoms with van der Waals surface area (Å²) in [5.74, 6) is 1.38. The Kier molecular flexibility index (Phi) is 5.80. The molecule has 8 heteroatoms. The molecule has 2 heterocycles. The molecule has 138 valence electrons. The minimum Gasteiger partial charge on any atom is -0.493 e. The summed E-state index contributed by atoms with van der Waals surface area (Å²) in [6.07, 6.45) is 1.62. The van der Waals surface area contributed by atoms with Gasteiger partial charge in [-0.2, -0.15) is 0 Å². The minimum atomic E-state index is -0.0968. The van der Waals surface area contributed by atoms with Crippen molar-refractivity contribution in [3.05, 3.63) is 41.0 Å². The first-order valence-electron chi connectivity index (χ1n) is 8.14. The van der Waals surface area contributed by atoms with Gasteiger partial charge in [0.2, 0.25) is 0 Å². The molecule has 0 unspecified atom stereocenters. The van der Waals surface area contributed by atoms with Crippen LogP contribution in [0.3, 0.4) is 0 Å². The van der Waals surface area contributed by atoms with Crippen LogP contribution < -0.4 is 14.8 Å². The van der Waals surface area contributed by atoms with Crippen molar-refractivity contribution >= 4 is 29.0 Å². The molecule has 1 aromatic heterocycles. The number of halogens is 1. The number of nitrogens with zero attached hydrogens (tertiary/aromatic N) is 2. The van der Waals surface area contributed by atoms with Gasteiger partial charge in [-0.3, -0.25) is 4.79 Å². The van der Waals surface area contributed by atoms with Crippen LogP contribution >= 0.6 is 11.6 Å². The second kappa shape index (κ2) is 8.25. The van der Waals surface area contributed by atoms with Gasteiger partial charge >= 0.3 is 0 Å². The molecule has 3 rings (SSSR count). The molecule has 0 atom stereocenters. The van der Waals surface area contributed by atoms with E-state index in [0.717, 1.165) is 0 Å². The second-order valence-corrected chi connectivity index (χ2v) is 6.02. The van der Waals surface area contributed by atoms with Gasteiger partial charge in [-0.1, -0.05) is 11.6 Å². The van der Waals surface area contributed by atoms with Gasteiger partial charge in [0.15, 0.2) is 11.5 Å². The van der Waals surface area contributed by atoms with Crippen LogP contribution in [0.2, 0.25) is 5.02 Å². The van der Waals surface area contributed by atoms with E-state index in [4.69, 9.17) is 25.8 Å². The lowest BCUT2D eigenvalue weighted by Gasteiger charge is -2.27. The largest absolute Gasteiger partial charge is 0.493 e. The maximum Gasteiger partial charge on any atom is 0.257 e. The summed E-state index contributed by atoms with van der Waals surface area (Å²) in [4.78, 5) is 18.9. The Bertz CT molecular complexity index is 794. The molecule has 0 spiro atoms. The fourth-order valence-corrected chi connectivity index (χ4v) is 2.89. The number of anilines is 2. The average Bonchev–Trinajstić information content (AvgIpc) is 2.69. The number of amides is 1. The van der Waals surface area contributed by atoms with Gasteiger partial charge in [-0.15, -0.1) is 0 Å². The molecule has 1 aliphatic rings. The van der Waals surface area contributed by atoms with E-state index in [2.05, 4.69) is 10.3 Å². The molecule has 1 saturated heterocycles. The maximum absolute atomic E-state index is 12.8. The minimum absolute atomic E-state index is 0.0968. The maximum atomic E-state index is 12.8. The van der Waals surface area contributed by atoms with E-state index >= 15 is 0 Å². The number of rotatable bonds is 5. The zero-order valence-corrected chi connectivity index (χ0v) is 15.4. The number of nitrogens with one attached hydrogen (secondary N) is 1. The number of benzene rings is 1. The number of hydrogen-bond acceptors (Lipinski definition) is 6. The number of methoxy groups -OCH3 is 2. The highest BCUT2D eigenvalue weighted by molar-refractivity contribution is 6.33. The lowest BCUT2D eigenvalue weighted by atomic mass is 10.2. The average molecular weight is 378 g/mol. The summed E-state index contributed by atoms with van der Waals surface area (Å²) < 4.78 is 15.9. The Morgan fingerprint density at radius 1 is 1.23 bits per heavy atom. The number of ether oxygens (including phenoxy) is 3. The molecule has 1 fully saturated rings. The van der Waals surface area contributed by atoms with Gasteiger partial charge in [0.25, 0.3) is 5.91 Å². The summed E-state index contributed by atoms with van der Waals surface area (Å²) in [7, 11) is 3.09. The third-order valence-corrected chi connectivity index (χ3v) is 4.38. The van der Waals surface area contributed by atoms with Crippen molar-refractivity contribution in [2.45, 2.75) is 0 Å². The van der Waals surface area contributed by atoms with Crippen LogP contribution in [0, 0.1) is 0 Å². The Labute approximate surface area is 156 Å². The first-order valence-corrected chi connectivity index (χ1v) is 8.52. The summed E-state index contributed by atoms with van der Waals surface area (Å²) >= 11 is 6.33. The van der Waals surface area contributed by atoms with E-state index in [-0.39, 0.29) is 5.91 Å². The van der Waals surface area contributed by atoms with E-state index in [1.165, 1.54) is 0 Å². The third-order valence-electron chi connectivity index (χ3n) is 4.06. The number of morpholine rings is 1. The van der Waals surface area contributed by atoms with E-state index in [0.29, 0.717) is 59.9 Å². The smallest absolute Gasteiger partial charge is 0.257 e. The molecular weight excluding hydrogens is 358 g/mol. The summed E-state index contributed by atoms with van der Waals surface area (Å²) in [6, 6.07) is 6.82. The predicted octanol–water partition coefficient (Wildman–Crippen LogP) is 2.97. The van der Waals surface area contributed by atoms with Crippen LogP contribution in [0.4, 0.5) is 11.5 Å².